The fourth-order valence-electron chi connectivity index (χ4n) is 4.57. The SMILES string of the molecule is COC(=O)c1cc(NC2C3(C)CCC(C3)C2(C)C)ccn1. The number of fused-ring (bicyclic) bond motifs is 2. The quantitative estimate of drug-likeness (QED) is 0.865. The molecule has 1 heterocycles. The van der Waals surface area contributed by atoms with Gasteiger partial charge in [-0.1, -0.05) is 20.8 Å². The molecule has 0 aromatic carbocycles. The number of hydrogen-bond donors (Lipinski definition) is 1. The van der Waals surface area contributed by atoms with E-state index in [2.05, 4.69) is 31.1 Å². The van der Waals surface area contributed by atoms with Gasteiger partial charge in [0.15, 0.2) is 0 Å². The average molecular weight is 288 g/mol. The van der Waals surface area contributed by atoms with Crippen LogP contribution in [0.2, 0.25) is 0 Å². The van der Waals surface area contributed by atoms with Crippen molar-refractivity contribution in [1.82, 2.24) is 4.98 Å². The zero-order valence-electron chi connectivity index (χ0n) is 13.3. The van der Waals surface area contributed by atoms with Gasteiger partial charge in [-0.05, 0) is 48.1 Å². The molecule has 3 atom stereocenters. The molecule has 1 aromatic rings. The molecular weight excluding hydrogens is 264 g/mol. The molecule has 1 N–H and O–H groups in total. The maximum atomic E-state index is 11.6. The first-order valence-electron chi connectivity index (χ1n) is 7.68. The summed E-state index contributed by atoms with van der Waals surface area (Å²) in [6, 6.07) is 4.14. The fraction of sp³-hybridized carbons (Fsp3) is 0.647. The maximum Gasteiger partial charge on any atom is 0.356 e. The van der Waals surface area contributed by atoms with Crippen LogP contribution in [0.5, 0.6) is 0 Å². The lowest BCUT2D eigenvalue weighted by Gasteiger charge is -2.43. The standard InChI is InChI=1S/C17H24N2O2/c1-16(2)11-5-7-17(3,10-11)15(16)19-12-6-8-18-13(9-12)14(20)21-4/h6,8-9,11,15H,5,7,10H2,1-4H3,(H,18,19). The van der Waals surface area contributed by atoms with Crippen LogP contribution in [-0.4, -0.2) is 24.1 Å². The number of methoxy groups -OCH3 is 1. The van der Waals surface area contributed by atoms with Crippen molar-refractivity contribution in [2.24, 2.45) is 16.7 Å². The zero-order valence-corrected chi connectivity index (χ0v) is 13.3. The third-order valence-electron chi connectivity index (χ3n) is 5.74. The van der Waals surface area contributed by atoms with Crippen molar-refractivity contribution in [3.05, 3.63) is 24.0 Å². The Morgan fingerprint density at radius 1 is 1.43 bits per heavy atom. The highest BCUT2D eigenvalue weighted by molar-refractivity contribution is 5.88. The fourth-order valence-corrected chi connectivity index (χ4v) is 4.57. The van der Waals surface area contributed by atoms with E-state index in [-0.39, 0.29) is 5.41 Å². The lowest BCUT2D eigenvalue weighted by Crippen LogP contribution is -2.45. The van der Waals surface area contributed by atoms with Gasteiger partial charge in [-0.2, -0.15) is 0 Å². The summed E-state index contributed by atoms with van der Waals surface area (Å²) in [5.74, 6) is 0.402. The normalized spacial score (nSPS) is 33.0. The number of nitrogens with one attached hydrogen (secondary N) is 1. The minimum Gasteiger partial charge on any atom is -0.464 e. The van der Waals surface area contributed by atoms with E-state index in [1.165, 1.54) is 26.4 Å². The topological polar surface area (TPSA) is 51.2 Å². The minimum absolute atomic E-state index is 0.279. The van der Waals surface area contributed by atoms with E-state index in [0.29, 0.717) is 17.2 Å². The predicted molar refractivity (Wildman–Crippen MR) is 82.2 cm³/mol. The largest absolute Gasteiger partial charge is 0.464 e. The van der Waals surface area contributed by atoms with Crippen molar-refractivity contribution in [2.75, 3.05) is 12.4 Å². The number of ether oxygens (including phenoxy) is 1. The van der Waals surface area contributed by atoms with Crippen LogP contribution in [0, 0.1) is 16.7 Å². The summed E-state index contributed by atoms with van der Waals surface area (Å²) in [6.45, 7) is 7.12. The summed E-state index contributed by atoms with van der Waals surface area (Å²) >= 11 is 0. The summed E-state index contributed by atoms with van der Waals surface area (Å²) in [5.41, 5.74) is 1.94. The Morgan fingerprint density at radius 3 is 2.81 bits per heavy atom. The van der Waals surface area contributed by atoms with Crippen molar-refractivity contribution in [2.45, 2.75) is 46.1 Å². The number of anilines is 1. The van der Waals surface area contributed by atoms with Crippen molar-refractivity contribution < 1.29 is 9.53 Å². The van der Waals surface area contributed by atoms with Gasteiger partial charge < -0.3 is 10.1 Å². The van der Waals surface area contributed by atoms with Gasteiger partial charge >= 0.3 is 5.97 Å². The second-order valence-electron chi connectivity index (χ2n) is 7.41. The van der Waals surface area contributed by atoms with Gasteiger partial charge in [-0.15, -0.1) is 0 Å². The summed E-state index contributed by atoms with van der Waals surface area (Å²) in [5, 5.41) is 3.67. The molecule has 2 bridgehead atoms. The van der Waals surface area contributed by atoms with E-state index in [1.54, 1.807) is 12.3 Å². The highest BCUT2D eigenvalue weighted by Gasteiger charge is 2.59. The van der Waals surface area contributed by atoms with E-state index in [9.17, 15) is 4.79 Å². The summed E-state index contributed by atoms with van der Waals surface area (Å²) in [4.78, 5) is 15.7. The lowest BCUT2D eigenvalue weighted by atomic mass is 9.68. The Balaban J connectivity index is 1.85. The predicted octanol–water partition coefficient (Wildman–Crippen LogP) is 3.49. The number of aromatic nitrogens is 1. The lowest BCUT2D eigenvalue weighted by molar-refractivity contribution is 0.0594. The minimum atomic E-state index is -0.392. The van der Waals surface area contributed by atoms with E-state index in [4.69, 9.17) is 4.74 Å². The third-order valence-corrected chi connectivity index (χ3v) is 5.74. The highest BCUT2D eigenvalue weighted by atomic mass is 16.5. The smallest absolute Gasteiger partial charge is 0.356 e. The first kappa shape index (κ1) is 14.4. The monoisotopic (exact) mass is 288 g/mol. The number of esters is 1. The number of carbonyl (C=O) groups is 1. The molecule has 0 radical (unpaired) electrons. The molecule has 3 rings (SSSR count). The molecule has 21 heavy (non-hydrogen) atoms. The zero-order chi connectivity index (χ0) is 15.3. The molecule has 2 fully saturated rings. The van der Waals surface area contributed by atoms with Crippen molar-refractivity contribution in [3.8, 4) is 0 Å². The van der Waals surface area contributed by atoms with Gasteiger partial charge in [0.25, 0.3) is 0 Å². The van der Waals surface area contributed by atoms with Crippen LogP contribution in [0.25, 0.3) is 0 Å². The van der Waals surface area contributed by atoms with E-state index >= 15 is 0 Å². The van der Waals surface area contributed by atoms with Crippen molar-refractivity contribution in [1.29, 1.82) is 0 Å². The van der Waals surface area contributed by atoms with E-state index in [0.717, 1.165) is 11.6 Å². The van der Waals surface area contributed by atoms with Gasteiger partial charge in [-0.3, -0.25) is 0 Å². The Bertz CT molecular complexity index is 565. The van der Waals surface area contributed by atoms with Gasteiger partial charge in [0.1, 0.15) is 5.69 Å². The first-order valence-corrected chi connectivity index (χ1v) is 7.68. The van der Waals surface area contributed by atoms with Crippen LogP contribution in [0.1, 0.15) is 50.5 Å². The highest BCUT2D eigenvalue weighted by Crippen LogP contribution is 2.63. The molecule has 114 valence electrons. The van der Waals surface area contributed by atoms with Crippen LogP contribution < -0.4 is 5.32 Å². The van der Waals surface area contributed by atoms with Gasteiger partial charge in [-0.25, -0.2) is 9.78 Å². The molecule has 3 unspecified atom stereocenters. The van der Waals surface area contributed by atoms with Gasteiger partial charge in [0.05, 0.1) is 7.11 Å². The Kier molecular flexibility index (Phi) is 3.23. The Morgan fingerprint density at radius 2 is 2.19 bits per heavy atom. The van der Waals surface area contributed by atoms with Crippen LogP contribution in [0.15, 0.2) is 18.3 Å². The van der Waals surface area contributed by atoms with E-state index < -0.39 is 5.97 Å². The molecule has 0 amide bonds. The molecule has 2 aliphatic rings. The second-order valence-corrected chi connectivity index (χ2v) is 7.41. The number of pyridine rings is 1. The molecule has 2 aliphatic carbocycles. The van der Waals surface area contributed by atoms with Crippen LogP contribution in [-0.2, 0) is 4.74 Å². The first-order chi connectivity index (χ1) is 9.87. The molecule has 4 heteroatoms. The third kappa shape index (κ3) is 2.21. The maximum absolute atomic E-state index is 11.6. The Labute approximate surface area is 126 Å². The molecule has 2 saturated carbocycles. The van der Waals surface area contributed by atoms with E-state index in [1.807, 2.05) is 6.07 Å². The molecule has 0 saturated heterocycles. The number of hydrogen-bond acceptors (Lipinski definition) is 4. The summed E-state index contributed by atoms with van der Waals surface area (Å²) in [7, 11) is 1.38. The average Bonchev–Trinajstić information content (AvgIpc) is 2.94. The number of rotatable bonds is 3. The van der Waals surface area contributed by atoms with Crippen LogP contribution >= 0.6 is 0 Å². The van der Waals surface area contributed by atoms with Crippen molar-refractivity contribution in [3.63, 3.8) is 0 Å². The number of nitrogens with zero attached hydrogens (tertiary/aromatic N) is 1. The van der Waals surface area contributed by atoms with Gasteiger partial charge in [0.2, 0.25) is 0 Å². The molecule has 0 spiro atoms. The van der Waals surface area contributed by atoms with Crippen LogP contribution in [0.4, 0.5) is 5.69 Å². The van der Waals surface area contributed by atoms with Crippen LogP contribution in [0.3, 0.4) is 0 Å². The Hall–Kier alpha value is -1.58. The van der Waals surface area contributed by atoms with Gasteiger partial charge in [0, 0.05) is 17.9 Å². The molecule has 1 aromatic heterocycles. The summed E-state index contributed by atoms with van der Waals surface area (Å²) in [6.07, 6.45) is 5.59. The number of carbonyl (C=O) groups excluding carboxylic acids is 1. The second kappa shape index (κ2) is 4.72. The molecule has 4 nitrogen and oxygen atoms in total. The molecule has 0 aliphatic heterocycles. The molecular formula is C17H24N2O2. The summed E-state index contributed by atoms with van der Waals surface area (Å²) < 4.78 is 4.74. The van der Waals surface area contributed by atoms with Crippen molar-refractivity contribution >= 4 is 11.7 Å².